The molecule has 2 aliphatic heterocycles. The number of fused-ring (bicyclic) bond motifs is 2. The summed E-state index contributed by atoms with van der Waals surface area (Å²) in [6.07, 6.45) is 6.47. The lowest BCUT2D eigenvalue weighted by Crippen LogP contribution is -2.48. The summed E-state index contributed by atoms with van der Waals surface area (Å²) >= 11 is 0. The van der Waals surface area contributed by atoms with Crippen LogP contribution in [0.4, 0.5) is 10.7 Å². The number of carbonyl (C=O) groups excluding carboxylic acids is 1. The molecule has 2 atom stereocenters. The summed E-state index contributed by atoms with van der Waals surface area (Å²) in [6.45, 7) is 0. The number of carbonyl (C=O) groups is 2. The van der Waals surface area contributed by atoms with Gasteiger partial charge >= 0.3 is 12.0 Å². The van der Waals surface area contributed by atoms with Crippen LogP contribution in [0.1, 0.15) is 32.1 Å². The number of carboxylic acid groups (broad SMARTS) is 1. The molecule has 21 heavy (non-hydrogen) atoms. The molecule has 2 unspecified atom stereocenters. The van der Waals surface area contributed by atoms with Crippen molar-refractivity contribution in [1.82, 2.24) is 20.1 Å². The molecule has 1 aromatic heterocycles. The molecule has 0 saturated carbocycles. The number of nitrogens with zero attached hydrogens (tertiary/aromatic N) is 4. The van der Waals surface area contributed by atoms with Crippen LogP contribution in [-0.2, 0) is 4.79 Å². The summed E-state index contributed by atoms with van der Waals surface area (Å²) in [6, 6.07) is 0.0128. The zero-order valence-electron chi connectivity index (χ0n) is 11.5. The smallest absolute Gasteiger partial charge is 0.324 e. The average Bonchev–Trinajstić information content (AvgIpc) is 2.71. The largest absolute Gasteiger partial charge is 0.481 e. The number of nitrogens with one attached hydrogen (secondary N) is 1. The molecule has 3 heterocycles. The minimum atomic E-state index is -0.763. The molecule has 0 aliphatic carbocycles. The van der Waals surface area contributed by atoms with Crippen LogP contribution in [0.15, 0.2) is 12.4 Å². The van der Waals surface area contributed by atoms with Crippen LogP contribution in [0.5, 0.6) is 0 Å². The highest BCUT2D eigenvalue weighted by Crippen LogP contribution is 2.40. The summed E-state index contributed by atoms with van der Waals surface area (Å²) in [5.74, 6) is -0.408. The van der Waals surface area contributed by atoms with Gasteiger partial charge in [0, 0.05) is 18.5 Å². The van der Waals surface area contributed by atoms with E-state index in [0.717, 1.165) is 25.7 Å². The summed E-state index contributed by atoms with van der Waals surface area (Å²) in [5.41, 5.74) is 0. The second kappa shape index (κ2) is 5.63. The monoisotopic (exact) mass is 291 g/mol. The molecule has 8 heteroatoms. The predicted octanol–water partition coefficient (Wildman–Crippen LogP) is 1.12. The zero-order chi connectivity index (χ0) is 14.8. The van der Waals surface area contributed by atoms with Gasteiger partial charge in [-0.3, -0.25) is 10.1 Å². The first kappa shape index (κ1) is 13.7. The Labute approximate surface area is 121 Å². The maximum atomic E-state index is 12.3. The molecular weight excluding hydrogens is 274 g/mol. The third-order valence-electron chi connectivity index (χ3n) is 4.23. The van der Waals surface area contributed by atoms with E-state index in [9.17, 15) is 9.59 Å². The Bertz CT molecular complexity index is 524. The fourth-order valence-electron chi connectivity index (χ4n) is 3.50. The highest BCUT2D eigenvalue weighted by molar-refractivity contribution is 5.88. The maximum absolute atomic E-state index is 12.3. The lowest BCUT2D eigenvalue weighted by molar-refractivity contribution is -0.138. The average molecular weight is 291 g/mol. The molecule has 3 rings (SSSR count). The number of amides is 2. The first-order valence-electron chi connectivity index (χ1n) is 7.08. The quantitative estimate of drug-likeness (QED) is 0.864. The lowest BCUT2D eigenvalue weighted by Gasteiger charge is -2.38. The number of anilines is 1. The molecule has 2 aliphatic rings. The number of aliphatic carboxylic acids is 1. The van der Waals surface area contributed by atoms with Crippen LogP contribution in [0.25, 0.3) is 0 Å². The van der Waals surface area contributed by atoms with Gasteiger partial charge in [-0.05, 0) is 31.6 Å². The van der Waals surface area contributed by atoms with Crippen LogP contribution in [0.3, 0.4) is 0 Å². The van der Waals surface area contributed by atoms with Crippen molar-refractivity contribution in [3.05, 3.63) is 12.4 Å². The van der Waals surface area contributed by atoms with Crippen molar-refractivity contribution in [3.63, 3.8) is 0 Å². The number of hydrogen-bond donors (Lipinski definition) is 2. The minimum Gasteiger partial charge on any atom is -0.481 e. The third kappa shape index (κ3) is 2.93. The first-order valence-corrected chi connectivity index (χ1v) is 7.08. The van der Waals surface area contributed by atoms with Gasteiger partial charge in [0.05, 0.1) is 12.4 Å². The van der Waals surface area contributed by atoms with Crippen molar-refractivity contribution in [2.45, 2.75) is 44.2 Å². The predicted molar refractivity (Wildman–Crippen MR) is 72.5 cm³/mol. The van der Waals surface area contributed by atoms with Crippen LogP contribution in [-0.4, -0.2) is 49.3 Å². The Kier molecular flexibility index (Phi) is 3.68. The van der Waals surface area contributed by atoms with Crippen LogP contribution in [0.2, 0.25) is 0 Å². The summed E-state index contributed by atoms with van der Waals surface area (Å²) < 4.78 is 0. The van der Waals surface area contributed by atoms with Gasteiger partial charge in [-0.1, -0.05) is 0 Å². The Morgan fingerprint density at radius 3 is 2.57 bits per heavy atom. The van der Waals surface area contributed by atoms with E-state index >= 15 is 0 Å². The van der Waals surface area contributed by atoms with E-state index in [1.807, 2.05) is 4.90 Å². The van der Waals surface area contributed by atoms with E-state index in [-0.39, 0.29) is 36.4 Å². The Hall–Kier alpha value is -2.25. The highest BCUT2D eigenvalue weighted by Gasteiger charge is 2.43. The number of carboxylic acids is 1. The number of aromatic nitrogens is 3. The van der Waals surface area contributed by atoms with Crippen molar-refractivity contribution in [3.8, 4) is 0 Å². The molecule has 0 spiro atoms. The number of urea groups is 1. The second-order valence-corrected chi connectivity index (χ2v) is 5.62. The van der Waals surface area contributed by atoms with Crippen molar-refractivity contribution < 1.29 is 14.7 Å². The highest BCUT2D eigenvalue weighted by atomic mass is 16.4. The summed E-state index contributed by atoms with van der Waals surface area (Å²) in [4.78, 5) is 28.9. The van der Waals surface area contributed by atoms with Gasteiger partial charge in [0.25, 0.3) is 5.95 Å². The second-order valence-electron chi connectivity index (χ2n) is 5.62. The van der Waals surface area contributed by atoms with Crippen LogP contribution >= 0.6 is 0 Å². The van der Waals surface area contributed by atoms with Crippen LogP contribution in [0, 0.1) is 5.92 Å². The van der Waals surface area contributed by atoms with Crippen molar-refractivity contribution in [1.29, 1.82) is 0 Å². The van der Waals surface area contributed by atoms with E-state index in [1.165, 1.54) is 12.4 Å². The molecule has 2 saturated heterocycles. The molecule has 8 nitrogen and oxygen atoms in total. The third-order valence-corrected chi connectivity index (χ3v) is 4.23. The molecule has 2 amide bonds. The molecule has 2 fully saturated rings. The molecule has 2 N–H and O–H groups in total. The zero-order valence-corrected chi connectivity index (χ0v) is 11.5. The fraction of sp³-hybridized carbons (Fsp3) is 0.615. The van der Waals surface area contributed by atoms with Crippen LogP contribution < -0.4 is 5.32 Å². The van der Waals surface area contributed by atoms with E-state index in [4.69, 9.17) is 5.11 Å². The van der Waals surface area contributed by atoms with E-state index < -0.39 is 5.97 Å². The van der Waals surface area contributed by atoms with E-state index in [1.54, 1.807) is 0 Å². The summed E-state index contributed by atoms with van der Waals surface area (Å²) in [5, 5.41) is 19.0. The molecular formula is C13H17N5O3. The van der Waals surface area contributed by atoms with Crippen molar-refractivity contribution in [2.24, 2.45) is 5.92 Å². The Morgan fingerprint density at radius 2 is 2.00 bits per heavy atom. The standard InChI is InChI=1S/C13H17N5O3/c19-11(20)7-8-5-9-1-2-10(6-8)18(9)13(21)16-12-14-3-4-15-17-12/h3-4,8-10H,1-2,5-7H2,(H,19,20)(H,14,16,17,21). The number of rotatable bonds is 3. The molecule has 112 valence electrons. The Balaban J connectivity index is 1.65. The maximum Gasteiger partial charge on any atom is 0.324 e. The van der Waals surface area contributed by atoms with E-state index in [2.05, 4.69) is 20.5 Å². The Morgan fingerprint density at radius 1 is 1.29 bits per heavy atom. The SMILES string of the molecule is O=C(O)CC1CC2CCC(C1)N2C(=O)Nc1nccnn1. The molecule has 2 bridgehead atoms. The molecule has 0 radical (unpaired) electrons. The molecule has 0 aromatic carbocycles. The topological polar surface area (TPSA) is 108 Å². The number of hydrogen-bond acceptors (Lipinski definition) is 5. The van der Waals surface area contributed by atoms with Gasteiger partial charge in [-0.15, -0.1) is 5.10 Å². The molecule has 1 aromatic rings. The fourth-order valence-corrected chi connectivity index (χ4v) is 3.50. The summed E-state index contributed by atoms with van der Waals surface area (Å²) in [7, 11) is 0. The van der Waals surface area contributed by atoms with Gasteiger partial charge in [0.1, 0.15) is 0 Å². The van der Waals surface area contributed by atoms with Crippen molar-refractivity contribution in [2.75, 3.05) is 5.32 Å². The number of piperidine rings is 1. The minimum absolute atomic E-state index is 0.116. The van der Waals surface area contributed by atoms with Gasteiger partial charge in [0.15, 0.2) is 0 Å². The normalized spacial score (nSPS) is 27.4. The van der Waals surface area contributed by atoms with Gasteiger partial charge in [0.2, 0.25) is 0 Å². The van der Waals surface area contributed by atoms with Gasteiger partial charge in [-0.25, -0.2) is 9.78 Å². The van der Waals surface area contributed by atoms with Gasteiger partial charge < -0.3 is 10.0 Å². The van der Waals surface area contributed by atoms with Gasteiger partial charge in [-0.2, -0.15) is 5.10 Å². The lowest BCUT2D eigenvalue weighted by atomic mass is 9.88. The van der Waals surface area contributed by atoms with Crippen molar-refractivity contribution >= 4 is 17.9 Å². The van der Waals surface area contributed by atoms with E-state index in [0.29, 0.717) is 0 Å². The first-order chi connectivity index (χ1) is 10.1.